The van der Waals surface area contributed by atoms with E-state index >= 15 is 0 Å². The van der Waals surface area contributed by atoms with Crippen molar-refractivity contribution in [1.82, 2.24) is 5.32 Å². The Hall–Kier alpha value is -2.37. The molecule has 0 saturated carbocycles. The number of benzene rings is 1. The molecule has 1 aromatic carbocycles. The number of carbonyl (C=O) groups excluding carboxylic acids is 1. The lowest BCUT2D eigenvalue weighted by molar-refractivity contribution is -0.384. The van der Waals surface area contributed by atoms with Gasteiger partial charge in [-0.2, -0.15) is 0 Å². The minimum atomic E-state index is -0.459. The first-order chi connectivity index (χ1) is 9.60. The zero-order valence-electron chi connectivity index (χ0n) is 11.7. The summed E-state index contributed by atoms with van der Waals surface area (Å²) in [6, 6.07) is 4.32. The first-order valence-corrected chi connectivity index (χ1v) is 6.51. The molecule has 0 aliphatic heterocycles. The SMILES string of the molecule is C/C=C/CCNc1cc(C(=O)NCC)ccc1[N+](=O)[O-]. The molecule has 1 rings (SSSR count). The van der Waals surface area contributed by atoms with Gasteiger partial charge in [-0.05, 0) is 32.4 Å². The van der Waals surface area contributed by atoms with Crippen LogP contribution in [0.4, 0.5) is 11.4 Å². The first kappa shape index (κ1) is 15.7. The maximum Gasteiger partial charge on any atom is 0.292 e. The third kappa shape index (κ3) is 4.38. The molecule has 0 atom stereocenters. The van der Waals surface area contributed by atoms with Crippen molar-refractivity contribution < 1.29 is 9.72 Å². The first-order valence-electron chi connectivity index (χ1n) is 6.51. The average Bonchev–Trinajstić information content (AvgIpc) is 2.43. The highest BCUT2D eigenvalue weighted by atomic mass is 16.6. The lowest BCUT2D eigenvalue weighted by Crippen LogP contribution is -2.22. The van der Waals surface area contributed by atoms with Gasteiger partial charge in [0.2, 0.25) is 0 Å². The van der Waals surface area contributed by atoms with Crippen LogP contribution in [0.2, 0.25) is 0 Å². The molecule has 0 spiro atoms. The summed E-state index contributed by atoms with van der Waals surface area (Å²) in [5.74, 6) is -0.237. The molecule has 0 fully saturated rings. The van der Waals surface area contributed by atoms with E-state index in [-0.39, 0.29) is 11.6 Å². The summed E-state index contributed by atoms with van der Waals surface area (Å²) in [5.41, 5.74) is 0.743. The van der Waals surface area contributed by atoms with E-state index in [0.717, 1.165) is 6.42 Å². The van der Waals surface area contributed by atoms with Crippen molar-refractivity contribution >= 4 is 17.3 Å². The van der Waals surface area contributed by atoms with E-state index in [9.17, 15) is 14.9 Å². The Morgan fingerprint density at radius 3 is 2.80 bits per heavy atom. The third-order valence-electron chi connectivity index (χ3n) is 2.65. The van der Waals surface area contributed by atoms with Gasteiger partial charge in [-0.15, -0.1) is 0 Å². The zero-order valence-corrected chi connectivity index (χ0v) is 11.7. The molecule has 0 unspecified atom stereocenters. The van der Waals surface area contributed by atoms with Crippen molar-refractivity contribution in [3.63, 3.8) is 0 Å². The minimum absolute atomic E-state index is 0.0291. The van der Waals surface area contributed by atoms with Gasteiger partial charge in [0.25, 0.3) is 11.6 Å². The molecule has 0 radical (unpaired) electrons. The number of carbonyl (C=O) groups is 1. The minimum Gasteiger partial charge on any atom is -0.379 e. The van der Waals surface area contributed by atoms with Gasteiger partial charge < -0.3 is 10.6 Å². The second kappa shape index (κ2) is 7.93. The maximum absolute atomic E-state index is 11.7. The maximum atomic E-state index is 11.7. The molecule has 0 aliphatic carbocycles. The van der Waals surface area contributed by atoms with Crippen molar-refractivity contribution in [1.29, 1.82) is 0 Å². The van der Waals surface area contributed by atoms with Crippen LogP contribution in [0.5, 0.6) is 0 Å². The smallest absolute Gasteiger partial charge is 0.292 e. The second-order valence-electron chi connectivity index (χ2n) is 4.13. The van der Waals surface area contributed by atoms with Gasteiger partial charge in [0.1, 0.15) is 5.69 Å². The molecule has 0 aliphatic rings. The topological polar surface area (TPSA) is 84.3 Å². The van der Waals surface area contributed by atoms with Crippen LogP contribution >= 0.6 is 0 Å². The highest BCUT2D eigenvalue weighted by Crippen LogP contribution is 2.25. The van der Waals surface area contributed by atoms with Gasteiger partial charge in [-0.1, -0.05) is 12.2 Å². The number of amides is 1. The summed E-state index contributed by atoms with van der Waals surface area (Å²) >= 11 is 0. The molecule has 0 aromatic heterocycles. The predicted octanol–water partition coefficient (Wildman–Crippen LogP) is 2.72. The highest BCUT2D eigenvalue weighted by molar-refractivity contribution is 5.95. The Morgan fingerprint density at radius 2 is 2.20 bits per heavy atom. The van der Waals surface area contributed by atoms with Crippen molar-refractivity contribution in [3.8, 4) is 0 Å². The molecular formula is C14H19N3O3. The third-order valence-corrected chi connectivity index (χ3v) is 2.65. The van der Waals surface area contributed by atoms with Crippen molar-refractivity contribution in [2.24, 2.45) is 0 Å². The molecule has 2 N–H and O–H groups in total. The van der Waals surface area contributed by atoms with Crippen LogP contribution in [0, 0.1) is 10.1 Å². The summed E-state index contributed by atoms with van der Waals surface area (Å²) in [6.07, 6.45) is 4.65. The Morgan fingerprint density at radius 1 is 1.45 bits per heavy atom. The van der Waals surface area contributed by atoms with Crippen LogP contribution in [0.3, 0.4) is 0 Å². The lowest BCUT2D eigenvalue weighted by Gasteiger charge is -2.08. The molecule has 20 heavy (non-hydrogen) atoms. The Kier molecular flexibility index (Phi) is 6.22. The second-order valence-corrected chi connectivity index (χ2v) is 4.13. The summed E-state index contributed by atoms with van der Waals surface area (Å²) < 4.78 is 0. The summed E-state index contributed by atoms with van der Waals surface area (Å²) in [5, 5.41) is 16.6. The molecule has 0 saturated heterocycles. The largest absolute Gasteiger partial charge is 0.379 e. The van der Waals surface area contributed by atoms with E-state index in [4.69, 9.17) is 0 Å². The fraction of sp³-hybridized carbons (Fsp3) is 0.357. The van der Waals surface area contributed by atoms with Gasteiger partial charge in [0, 0.05) is 24.7 Å². The zero-order chi connectivity index (χ0) is 15.0. The van der Waals surface area contributed by atoms with E-state index in [1.807, 2.05) is 26.0 Å². The molecule has 6 heteroatoms. The van der Waals surface area contributed by atoms with Crippen LogP contribution in [0.25, 0.3) is 0 Å². The number of nitro benzene ring substituents is 1. The van der Waals surface area contributed by atoms with Gasteiger partial charge in [0.15, 0.2) is 0 Å². The lowest BCUT2D eigenvalue weighted by atomic mass is 10.1. The van der Waals surface area contributed by atoms with E-state index < -0.39 is 4.92 Å². The number of nitrogens with zero attached hydrogens (tertiary/aromatic N) is 1. The summed E-state index contributed by atoms with van der Waals surface area (Å²) in [7, 11) is 0. The Labute approximate surface area is 118 Å². The van der Waals surface area contributed by atoms with Gasteiger partial charge in [-0.3, -0.25) is 14.9 Å². The standard InChI is InChI=1S/C14H19N3O3/c1-3-5-6-9-16-12-10-11(14(18)15-4-2)7-8-13(12)17(19)20/h3,5,7-8,10,16H,4,6,9H2,1-2H3,(H,15,18)/b5-3+. The average molecular weight is 277 g/mol. The highest BCUT2D eigenvalue weighted by Gasteiger charge is 2.16. The number of hydrogen-bond donors (Lipinski definition) is 2. The Balaban J connectivity index is 2.93. The number of nitrogens with one attached hydrogen (secondary N) is 2. The molecule has 1 aromatic rings. The van der Waals surface area contributed by atoms with E-state index in [2.05, 4.69) is 10.6 Å². The molecule has 1 amide bonds. The van der Waals surface area contributed by atoms with E-state index in [0.29, 0.717) is 24.3 Å². The number of anilines is 1. The van der Waals surface area contributed by atoms with E-state index in [1.54, 1.807) is 0 Å². The van der Waals surface area contributed by atoms with Crippen LogP contribution in [0.15, 0.2) is 30.4 Å². The van der Waals surface area contributed by atoms with Crippen LogP contribution in [-0.4, -0.2) is 23.9 Å². The van der Waals surface area contributed by atoms with Gasteiger partial charge in [-0.25, -0.2) is 0 Å². The quantitative estimate of drug-likeness (QED) is 0.347. The Bertz CT molecular complexity index is 512. The van der Waals surface area contributed by atoms with Crippen LogP contribution in [-0.2, 0) is 0 Å². The number of allylic oxidation sites excluding steroid dienone is 1. The number of nitro groups is 1. The molecule has 0 bridgehead atoms. The van der Waals surface area contributed by atoms with Crippen molar-refractivity contribution in [2.75, 3.05) is 18.4 Å². The molecule has 0 heterocycles. The number of hydrogen-bond acceptors (Lipinski definition) is 4. The molecule has 108 valence electrons. The van der Waals surface area contributed by atoms with Crippen molar-refractivity contribution in [2.45, 2.75) is 20.3 Å². The summed E-state index contributed by atoms with van der Waals surface area (Å²) in [6.45, 7) is 4.82. The fourth-order valence-corrected chi connectivity index (χ4v) is 1.70. The van der Waals surface area contributed by atoms with Crippen LogP contribution in [0.1, 0.15) is 30.6 Å². The summed E-state index contributed by atoms with van der Waals surface area (Å²) in [4.78, 5) is 22.2. The number of rotatable bonds is 7. The van der Waals surface area contributed by atoms with E-state index in [1.165, 1.54) is 18.2 Å². The van der Waals surface area contributed by atoms with Gasteiger partial charge >= 0.3 is 0 Å². The molecule has 6 nitrogen and oxygen atoms in total. The van der Waals surface area contributed by atoms with Crippen molar-refractivity contribution in [3.05, 3.63) is 46.0 Å². The monoisotopic (exact) mass is 277 g/mol. The van der Waals surface area contributed by atoms with Crippen LogP contribution < -0.4 is 10.6 Å². The normalized spacial score (nSPS) is 10.5. The van der Waals surface area contributed by atoms with Gasteiger partial charge in [0.05, 0.1) is 4.92 Å². The predicted molar refractivity (Wildman–Crippen MR) is 79.0 cm³/mol. The fourth-order valence-electron chi connectivity index (χ4n) is 1.70. The molecular weight excluding hydrogens is 258 g/mol.